The molecule has 1 atom stereocenters. The van der Waals surface area contributed by atoms with E-state index >= 15 is 0 Å². The van der Waals surface area contributed by atoms with Crippen LogP contribution >= 0.6 is 0 Å². The molecule has 132 valence electrons. The number of carbonyl (C=O) groups is 2. The number of esters is 1. The smallest absolute Gasteiger partial charge is 0.338 e. The van der Waals surface area contributed by atoms with Gasteiger partial charge >= 0.3 is 5.97 Å². The number of hydrogen-bond acceptors (Lipinski definition) is 5. The number of carbonyl (C=O) groups excluding carboxylic acids is 2. The van der Waals surface area contributed by atoms with E-state index in [1.54, 1.807) is 31.2 Å². The van der Waals surface area contributed by atoms with Crippen LogP contribution in [0.1, 0.15) is 30.1 Å². The summed E-state index contributed by atoms with van der Waals surface area (Å²) in [7, 11) is -3.28. The number of benzene rings is 1. The Hall–Kier alpha value is -1.93. The van der Waals surface area contributed by atoms with E-state index in [4.69, 9.17) is 4.74 Å². The van der Waals surface area contributed by atoms with Gasteiger partial charge in [0.05, 0.1) is 24.3 Å². The number of nitrogens with one attached hydrogen (secondary N) is 1. The van der Waals surface area contributed by atoms with Gasteiger partial charge in [-0.3, -0.25) is 4.79 Å². The second-order valence-corrected chi connectivity index (χ2v) is 7.73. The van der Waals surface area contributed by atoms with E-state index < -0.39 is 16.0 Å². The van der Waals surface area contributed by atoms with Crippen molar-refractivity contribution in [2.75, 3.05) is 31.3 Å². The summed E-state index contributed by atoms with van der Waals surface area (Å²) < 4.78 is 29.5. The molecular formula is C16H22N2O5S. The van der Waals surface area contributed by atoms with Gasteiger partial charge < -0.3 is 10.1 Å². The Balaban J connectivity index is 1.98. The standard InChI is InChI=1S/C16H22N2O5S/c1-3-23-16(20)12-6-8-14(9-7-12)17-15(19)13-5-4-10-18(11-13)24(2,21)22/h6-9,13H,3-5,10-11H2,1-2H3,(H,17,19)/t13-/m1/s1. The summed E-state index contributed by atoms with van der Waals surface area (Å²) in [5, 5.41) is 2.77. The molecule has 1 aromatic carbocycles. The third-order valence-electron chi connectivity index (χ3n) is 3.89. The Labute approximate surface area is 142 Å². The van der Waals surface area contributed by atoms with E-state index in [0.29, 0.717) is 37.2 Å². The van der Waals surface area contributed by atoms with Crippen molar-refractivity contribution in [3.63, 3.8) is 0 Å². The lowest BCUT2D eigenvalue weighted by atomic mass is 9.98. The van der Waals surface area contributed by atoms with Crippen molar-refractivity contribution in [2.24, 2.45) is 5.92 Å². The van der Waals surface area contributed by atoms with E-state index in [0.717, 1.165) is 6.26 Å². The lowest BCUT2D eigenvalue weighted by Gasteiger charge is -2.30. The maximum Gasteiger partial charge on any atom is 0.338 e. The molecule has 0 saturated carbocycles. The lowest BCUT2D eigenvalue weighted by Crippen LogP contribution is -2.43. The second kappa shape index (κ2) is 7.76. The van der Waals surface area contributed by atoms with Crippen LogP contribution in [0.25, 0.3) is 0 Å². The van der Waals surface area contributed by atoms with Gasteiger partial charge in [0.1, 0.15) is 0 Å². The Kier molecular flexibility index (Phi) is 5.95. The molecule has 1 fully saturated rings. The van der Waals surface area contributed by atoms with Crippen LogP contribution in [-0.2, 0) is 19.6 Å². The van der Waals surface area contributed by atoms with Crippen LogP contribution < -0.4 is 5.32 Å². The molecule has 1 heterocycles. The van der Waals surface area contributed by atoms with E-state index in [1.165, 1.54) is 4.31 Å². The monoisotopic (exact) mass is 354 g/mol. The molecule has 1 amide bonds. The van der Waals surface area contributed by atoms with Crippen LogP contribution in [0, 0.1) is 5.92 Å². The molecule has 0 unspecified atom stereocenters. The highest BCUT2D eigenvalue weighted by atomic mass is 32.2. The zero-order valence-electron chi connectivity index (χ0n) is 13.8. The second-order valence-electron chi connectivity index (χ2n) is 5.75. The number of amides is 1. The van der Waals surface area contributed by atoms with Crippen molar-refractivity contribution in [3.8, 4) is 0 Å². The van der Waals surface area contributed by atoms with Crippen LogP contribution in [0.3, 0.4) is 0 Å². The molecule has 0 aromatic heterocycles. The highest BCUT2D eigenvalue weighted by Gasteiger charge is 2.30. The molecule has 1 aliphatic heterocycles. The Morgan fingerprint density at radius 2 is 1.96 bits per heavy atom. The predicted molar refractivity (Wildman–Crippen MR) is 90.2 cm³/mol. The molecule has 0 radical (unpaired) electrons. The van der Waals surface area contributed by atoms with Crippen LogP contribution in [0.4, 0.5) is 5.69 Å². The van der Waals surface area contributed by atoms with Crippen molar-refractivity contribution in [2.45, 2.75) is 19.8 Å². The molecule has 7 nitrogen and oxygen atoms in total. The summed E-state index contributed by atoms with van der Waals surface area (Å²) in [4.78, 5) is 23.9. The first-order valence-electron chi connectivity index (χ1n) is 7.84. The molecule has 0 aliphatic carbocycles. The van der Waals surface area contributed by atoms with Crippen LogP contribution in [-0.4, -0.2) is 50.6 Å². The third-order valence-corrected chi connectivity index (χ3v) is 5.16. The van der Waals surface area contributed by atoms with Crippen molar-refractivity contribution in [1.29, 1.82) is 0 Å². The quantitative estimate of drug-likeness (QED) is 0.809. The molecular weight excluding hydrogens is 332 g/mol. The number of anilines is 1. The maximum absolute atomic E-state index is 12.3. The van der Waals surface area contributed by atoms with Crippen LogP contribution in [0.15, 0.2) is 24.3 Å². The zero-order chi connectivity index (χ0) is 17.7. The highest BCUT2D eigenvalue weighted by Crippen LogP contribution is 2.21. The lowest BCUT2D eigenvalue weighted by molar-refractivity contribution is -0.120. The fraction of sp³-hybridized carbons (Fsp3) is 0.500. The minimum atomic E-state index is -3.28. The van der Waals surface area contributed by atoms with Gasteiger partial charge in [0.2, 0.25) is 15.9 Å². The molecule has 24 heavy (non-hydrogen) atoms. The van der Waals surface area contributed by atoms with E-state index in [2.05, 4.69) is 5.32 Å². The third kappa shape index (κ3) is 4.78. The number of nitrogens with zero attached hydrogens (tertiary/aromatic N) is 1. The van der Waals surface area contributed by atoms with Gasteiger partial charge in [-0.2, -0.15) is 0 Å². The number of piperidine rings is 1. The average molecular weight is 354 g/mol. The van der Waals surface area contributed by atoms with E-state index in [-0.39, 0.29) is 18.4 Å². The minimum Gasteiger partial charge on any atom is -0.462 e. The van der Waals surface area contributed by atoms with E-state index in [9.17, 15) is 18.0 Å². The van der Waals surface area contributed by atoms with Gasteiger partial charge in [-0.05, 0) is 44.0 Å². The molecule has 0 bridgehead atoms. The first-order chi connectivity index (χ1) is 11.3. The van der Waals surface area contributed by atoms with Crippen molar-refractivity contribution < 1.29 is 22.7 Å². The van der Waals surface area contributed by atoms with Crippen molar-refractivity contribution >= 4 is 27.6 Å². The largest absolute Gasteiger partial charge is 0.462 e. The highest BCUT2D eigenvalue weighted by molar-refractivity contribution is 7.88. The fourth-order valence-electron chi connectivity index (χ4n) is 2.61. The van der Waals surface area contributed by atoms with Gasteiger partial charge in [-0.1, -0.05) is 0 Å². The summed E-state index contributed by atoms with van der Waals surface area (Å²) >= 11 is 0. The number of hydrogen-bond donors (Lipinski definition) is 1. The summed E-state index contributed by atoms with van der Waals surface area (Å²) in [5.74, 6) is -1.00. The predicted octanol–water partition coefficient (Wildman–Crippen LogP) is 1.47. The summed E-state index contributed by atoms with van der Waals surface area (Å²) in [6.45, 7) is 2.69. The molecule has 1 aromatic rings. The SMILES string of the molecule is CCOC(=O)c1ccc(NC(=O)[C@@H]2CCCN(S(C)(=O)=O)C2)cc1. The van der Waals surface area contributed by atoms with Gasteiger partial charge in [-0.25, -0.2) is 17.5 Å². The summed E-state index contributed by atoms with van der Waals surface area (Å²) in [6, 6.07) is 6.41. The number of sulfonamides is 1. The molecule has 8 heteroatoms. The van der Waals surface area contributed by atoms with Gasteiger partial charge in [-0.15, -0.1) is 0 Å². The van der Waals surface area contributed by atoms with Crippen molar-refractivity contribution in [3.05, 3.63) is 29.8 Å². The van der Waals surface area contributed by atoms with E-state index in [1.807, 2.05) is 0 Å². The fourth-order valence-corrected chi connectivity index (χ4v) is 3.52. The molecule has 1 N–H and O–H groups in total. The average Bonchev–Trinajstić information content (AvgIpc) is 2.55. The minimum absolute atomic E-state index is 0.200. The van der Waals surface area contributed by atoms with Gasteiger partial charge in [0.25, 0.3) is 0 Å². The summed E-state index contributed by atoms with van der Waals surface area (Å²) in [6.07, 6.45) is 2.47. The van der Waals surface area contributed by atoms with Crippen LogP contribution in [0.2, 0.25) is 0 Å². The first kappa shape index (κ1) is 18.4. The number of rotatable bonds is 5. The molecule has 2 rings (SSSR count). The van der Waals surface area contributed by atoms with Crippen molar-refractivity contribution in [1.82, 2.24) is 4.31 Å². The van der Waals surface area contributed by atoms with Gasteiger partial charge in [0, 0.05) is 18.8 Å². The molecule has 0 spiro atoms. The maximum atomic E-state index is 12.3. The van der Waals surface area contributed by atoms with Crippen LogP contribution in [0.5, 0.6) is 0 Å². The Bertz CT molecular complexity index is 700. The molecule has 1 saturated heterocycles. The Morgan fingerprint density at radius 1 is 1.29 bits per heavy atom. The summed E-state index contributed by atoms with van der Waals surface area (Å²) in [5.41, 5.74) is 0.972. The first-order valence-corrected chi connectivity index (χ1v) is 9.69. The molecule has 1 aliphatic rings. The topological polar surface area (TPSA) is 92.8 Å². The van der Waals surface area contributed by atoms with Gasteiger partial charge in [0.15, 0.2) is 0 Å². The zero-order valence-corrected chi connectivity index (χ0v) is 14.6. The normalized spacial score (nSPS) is 18.8. The Morgan fingerprint density at radius 3 is 2.54 bits per heavy atom. The number of ether oxygens (including phenoxy) is 1.